The molecule has 2 N–H and O–H groups in total. The number of nitrogens with zero attached hydrogens (tertiary/aromatic N) is 3. The van der Waals surface area contributed by atoms with Crippen molar-refractivity contribution >= 4 is 35.8 Å². The van der Waals surface area contributed by atoms with Crippen molar-refractivity contribution in [2.24, 2.45) is 4.99 Å². The molecule has 8 heteroatoms. The van der Waals surface area contributed by atoms with Crippen LogP contribution < -0.4 is 15.4 Å². The van der Waals surface area contributed by atoms with Crippen molar-refractivity contribution in [1.82, 2.24) is 20.4 Å². The maximum absolute atomic E-state index is 11.8. The van der Waals surface area contributed by atoms with Gasteiger partial charge in [0.1, 0.15) is 5.75 Å². The molecule has 2 rings (SSSR count). The van der Waals surface area contributed by atoms with Crippen molar-refractivity contribution in [1.29, 1.82) is 0 Å². The van der Waals surface area contributed by atoms with Crippen LogP contribution in [0.3, 0.4) is 0 Å². The molecule has 1 aliphatic heterocycles. The van der Waals surface area contributed by atoms with E-state index in [0.29, 0.717) is 19.5 Å². The number of likely N-dealkylation sites (tertiary alicyclic amines) is 1. The average molecular weight is 517 g/mol. The largest absolute Gasteiger partial charge is 0.497 e. The van der Waals surface area contributed by atoms with Gasteiger partial charge >= 0.3 is 0 Å². The van der Waals surface area contributed by atoms with Crippen LogP contribution in [0.4, 0.5) is 0 Å². The van der Waals surface area contributed by atoms with Crippen LogP contribution in [0.2, 0.25) is 0 Å². The maximum Gasteiger partial charge on any atom is 0.223 e. The number of methoxy groups -OCH3 is 1. The number of aliphatic imine (C=N–C) groups is 1. The Morgan fingerprint density at radius 3 is 2.41 bits per heavy atom. The minimum atomic E-state index is 0. The highest BCUT2D eigenvalue weighted by atomic mass is 127. The first kappa shape index (κ1) is 25.5. The molecule has 1 saturated heterocycles. The van der Waals surface area contributed by atoms with E-state index < -0.39 is 0 Å². The molecule has 164 valence electrons. The number of carbonyl (C=O) groups is 1. The fourth-order valence-corrected chi connectivity index (χ4v) is 3.34. The minimum absolute atomic E-state index is 0. The number of benzene rings is 1. The molecule has 1 aliphatic rings. The number of halogens is 1. The van der Waals surface area contributed by atoms with Crippen LogP contribution in [-0.2, 0) is 4.79 Å². The highest BCUT2D eigenvalue weighted by Crippen LogP contribution is 2.27. The summed E-state index contributed by atoms with van der Waals surface area (Å²) < 4.78 is 5.29. The Balaban J connectivity index is 0.00000420. The number of hydrogen-bond donors (Lipinski definition) is 2. The quantitative estimate of drug-likeness (QED) is 0.299. The number of amides is 1. The normalized spacial score (nSPS) is 15.4. The first-order chi connectivity index (χ1) is 13.5. The lowest BCUT2D eigenvalue weighted by molar-refractivity contribution is -0.128. The Bertz CT molecular complexity index is 630. The molecular formula is C21H36IN5O2. The lowest BCUT2D eigenvalue weighted by Gasteiger charge is -2.27. The molecule has 0 aromatic heterocycles. The van der Waals surface area contributed by atoms with E-state index in [-0.39, 0.29) is 35.9 Å². The Kier molecular flexibility index (Phi) is 12.0. The first-order valence-corrected chi connectivity index (χ1v) is 10.2. The summed E-state index contributed by atoms with van der Waals surface area (Å²) in [4.78, 5) is 20.7. The van der Waals surface area contributed by atoms with Crippen molar-refractivity contribution in [3.05, 3.63) is 29.8 Å². The third kappa shape index (κ3) is 8.38. The maximum atomic E-state index is 11.8. The van der Waals surface area contributed by atoms with Crippen LogP contribution in [-0.4, -0.2) is 75.6 Å². The molecule has 0 spiro atoms. The molecule has 0 aliphatic carbocycles. The van der Waals surface area contributed by atoms with Gasteiger partial charge in [0, 0.05) is 33.6 Å². The van der Waals surface area contributed by atoms with E-state index in [4.69, 9.17) is 9.73 Å². The topological polar surface area (TPSA) is 69.2 Å². The molecule has 7 nitrogen and oxygen atoms in total. The number of guanidine groups is 1. The molecule has 0 saturated carbocycles. The van der Waals surface area contributed by atoms with Crippen LogP contribution >= 0.6 is 24.0 Å². The van der Waals surface area contributed by atoms with Crippen LogP contribution in [0.5, 0.6) is 5.75 Å². The molecule has 1 amide bonds. The van der Waals surface area contributed by atoms with Gasteiger partial charge in [-0.05, 0) is 50.6 Å². The molecule has 1 fully saturated rings. The predicted molar refractivity (Wildman–Crippen MR) is 129 cm³/mol. The van der Waals surface area contributed by atoms with Gasteiger partial charge in [0.25, 0.3) is 0 Å². The number of carbonyl (C=O) groups excluding carboxylic acids is 1. The highest BCUT2D eigenvalue weighted by Gasteiger charge is 2.23. The highest BCUT2D eigenvalue weighted by molar-refractivity contribution is 14.0. The van der Waals surface area contributed by atoms with Crippen LogP contribution in [0.25, 0.3) is 0 Å². The number of ether oxygens (including phenoxy) is 1. The van der Waals surface area contributed by atoms with Gasteiger partial charge in [-0.15, -0.1) is 24.0 Å². The summed E-state index contributed by atoms with van der Waals surface area (Å²) in [6.07, 6.45) is 2.92. The Labute approximate surface area is 192 Å². The van der Waals surface area contributed by atoms with Gasteiger partial charge < -0.3 is 20.3 Å². The van der Waals surface area contributed by atoms with Gasteiger partial charge in [0.15, 0.2) is 5.96 Å². The van der Waals surface area contributed by atoms with E-state index in [0.717, 1.165) is 31.3 Å². The summed E-state index contributed by atoms with van der Waals surface area (Å²) in [5.74, 6) is 1.73. The van der Waals surface area contributed by atoms with Crippen LogP contribution in [0.1, 0.15) is 37.8 Å². The Morgan fingerprint density at radius 2 is 1.86 bits per heavy atom. The van der Waals surface area contributed by atoms with Gasteiger partial charge in [-0.25, -0.2) is 0 Å². The van der Waals surface area contributed by atoms with Gasteiger partial charge in [0.2, 0.25) is 5.91 Å². The van der Waals surface area contributed by atoms with E-state index in [1.165, 1.54) is 18.4 Å². The first-order valence-electron chi connectivity index (χ1n) is 10.2. The predicted octanol–water partition coefficient (Wildman–Crippen LogP) is 2.48. The second kappa shape index (κ2) is 13.6. The zero-order valence-electron chi connectivity index (χ0n) is 18.1. The van der Waals surface area contributed by atoms with E-state index in [9.17, 15) is 4.79 Å². The molecule has 1 aromatic rings. The van der Waals surface area contributed by atoms with Crippen molar-refractivity contribution in [2.45, 2.75) is 32.2 Å². The summed E-state index contributed by atoms with van der Waals surface area (Å²) in [5.41, 5.74) is 1.25. The molecule has 0 bridgehead atoms. The molecule has 1 unspecified atom stereocenters. The lowest BCUT2D eigenvalue weighted by atomic mass is 10.1. The molecule has 0 radical (unpaired) electrons. The number of rotatable bonds is 9. The van der Waals surface area contributed by atoms with E-state index in [1.54, 1.807) is 26.1 Å². The smallest absolute Gasteiger partial charge is 0.223 e. The van der Waals surface area contributed by atoms with Crippen LogP contribution in [0.15, 0.2) is 29.3 Å². The minimum Gasteiger partial charge on any atom is -0.497 e. The third-order valence-electron chi connectivity index (χ3n) is 4.98. The zero-order chi connectivity index (χ0) is 20.4. The van der Waals surface area contributed by atoms with Crippen molar-refractivity contribution in [2.75, 3.05) is 53.9 Å². The summed E-state index contributed by atoms with van der Waals surface area (Å²) in [5, 5.41) is 6.55. The molecule has 1 aromatic carbocycles. The fourth-order valence-electron chi connectivity index (χ4n) is 3.34. The lowest BCUT2D eigenvalue weighted by Crippen LogP contribution is -2.40. The third-order valence-corrected chi connectivity index (χ3v) is 4.98. The molecule has 1 heterocycles. The number of hydrogen-bond acceptors (Lipinski definition) is 4. The molecular weight excluding hydrogens is 481 g/mol. The van der Waals surface area contributed by atoms with Gasteiger partial charge in [0.05, 0.1) is 19.7 Å². The summed E-state index contributed by atoms with van der Waals surface area (Å²) in [6.45, 7) is 6.28. The van der Waals surface area contributed by atoms with Gasteiger partial charge in [-0.3, -0.25) is 14.7 Å². The van der Waals surface area contributed by atoms with Crippen molar-refractivity contribution < 1.29 is 9.53 Å². The molecule has 29 heavy (non-hydrogen) atoms. The van der Waals surface area contributed by atoms with Crippen LogP contribution in [0, 0.1) is 0 Å². The number of nitrogens with one attached hydrogen (secondary N) is 2. The van der Waals surface area contributed by atoms with Gasteiger partial charge in [-0.2, -0.15) is 0 Å². The standard InChI is InChI=1S/C21H35N5O2.HI/c1-5-22-21(23-13-12-20(27)25(2)3)24-16-19(26-14-6-7-15-26)17-8-10-18(28-4)11-9-17;/h8-11,19H,5-7,12-16H2,1-4H3,(H2,22,23,24);1H. The SMILES string of the molecule is CCNC(=NCC(c1ccc(OC)cc1)N1CCCC1)NCCC(=O)N(C)C.I. The van der Waals surface area contributed by atoms with Gasteiger partial charge in [-0.1, -0.05) is 12.1 Å². The fraction of sp³-hybridized carbons (Fsp3) is 0.619. The average Bonchev–Trinajstić information content (AvgIpc) is 3.22. The Morgan fingerprint density at radius 1 is 1.21 bits per heavy atom. The van der Waals surface area contributed by atoms with E-state index in [2.05, 4.69) is 27.7 Å². The monoisotopic (exact) mass is 517 g/mol. The molecule has 1 atom stereocenters. The van der Waals surface area contributed by atoms with Crippen molar-refractivity contribution in [3.8, 4) is 5.75 Å². The second-order valence-electron chi connectivity index (χ2n) is 7.22. The summed E-state index contributed by atoms with van der Waals surface area (Å²) >= 11 is 0. The Hall–Kier alpha value is -1.55. The second-order valence-corrected chi connectivity index (χ2v) is 7.22. The summed E-state index contributed by atoms with van der Waals surface area (Å²) in [6, 6.07) is 8.53. The zero-order valence-corrected chi connectivity index (χ0v) is 20.4. The van der Waals surface area contributed by atoms with E-state index in [1.807, 2.05) is 19.1 Å². The summed E-state index contributed by atoms with van der Waals surface area (Å²) in [7, 11) is 5.24. The van der Waals surface area contributed by atoms with E-state index >= 15 is 0 Å². The van der Waals surface area contributed by atoms with Crippen molar-refractivity contribution in [3.63, 3.8) is 0 Å².